The molecule has 3 rings (SSSR count). The number of hydrogen-bond acceptors (Lipinski definition) is 7. The quantitative estimate of drug-likeness (QED) is 0.494. The number of aliphatic hydroxyl groups is 1. The minimum absolute atomic E-state index is 0.0721. The smallest absolute Gasteiger partial charge is 0.161 e. The second kappa shape index (κ2) is 9.95. The van der Waals surface area contributed by atoms with E-state index in [0.29, 0.717) is 36.7 Å². The number of aldehydes is 1. The molecule has 0 amide bonds. The number of rotatable bonds is 11. The van der Waals surface area contributed by atoms with Crippen molar-refractivity contribution in [3.05, 3.63) is 71.6 Å². The average molecular weight is 399 g/mol. The highest BCUT2D eigenvalue weighted by Crippen LogP contribution is 2.27. The molecule has 1 aromatic carbocycles. The summed E-state index contributed by atoms with van der Waals surface area (Å²) in [7, 11) is 1.50. The van der Waals surface area contributed by atoms with Crippen LogP contribution in [0, 0.1) is 6.92 Å². The molecule has 0 spiro atoms. The number of carbonyl (C=O) groups excluding carboxylic acids is 1. The first-order chi connectivity index (χ1) is 14.1. The summed E-state index contributed by atoms with van der Waals surface area (Å²) in [6.45, 7) is 3.38. The SMILES string of the molecule is COc1cc(C=O)ccc1OCC(O)CN(Cc1ccco1)Cc1ccc(C)o1. The van der Waals surface area contributed by atoms with Crippen molar-refractivity contribution >= 4 is 6.29 Å². The fourth-order valence-corrected chi connectivity index (χ4v) is 3.01. The second-order valence-corrected chi connectivity index (χ2v) is 6.75. The minimum Gasteiger partial charge on any atom is -0.493 e. The van der Waals surface area contributed by atoms with Crippen molar-refractivity contribution in [1.82, 2.24) is 4.90 Å². The number of hydrogen-bond donors (Lipinski definition) is 1. The molecule has 0 aliphatic heterocycles. The average Bonchev–Trinajstić information content (AvgIpc) is 3.37. The molecule has 29 heavy (non-hydrogen) atoms. The van der Waals surface area contributed by atoms with Crippen LogP contribution in [0.15, 0.2) is 57.6 Å². The van der Waals surface area contributed by atoms with Gasteiger partial charge in [-0.05, 0) is 49.4 Å². The van der Waals surface area contributed by atoms with Crippen LogP contribution in [-0.4, -0.2) is 42.7 Å². The van der Waals surface area contributed by atoms with Crippen LogP contribution in [0.3, 0.4) is 0 Å². The molecule has 154 valence electrons. The molecule has 0 bridgehead atoms. The number of carbonyl (C=O) groups is 1. The molecule has 1 unspecified atom stereocenters. The van der Waals surface area contributed by atoms with Crippen molar-refractivity contribution in [1.29, 1.82) is 0 Å². The Kier molecular flexibility index (Phi) is 7.10. The van der Waals surface area contributed by atoms with Gasteiger partial charge >= 0.3 is 0 Å². The van der Waals surface area contributed by atoms with Gasteiger partial charge in [0.15, 0.2) is 11.5 Å². The molecule has 0 aliphatic carbocycles. The third-order valence-electron chi connectivity index (χ3n) is 4.36. The van der Waals surface area contributed by atoms with Crippen LogP contribution in [0.4, 0.5) is 0 Å². The van der Waals surface area contributed by atoms with Crippen LogP contribution in [0.5, 0.6) is 11.5 Å². The van der Waals surface area contributed by atoms with Gasteiger partial charge in [-0.1, -0.05) is 0 Å². The fraction of sp³-hybridized carbons (Fsp3) is 0.318. The maximum absolute atomic E-state index is 10.9. The molecule has 2 aromatic heterocycles. The number of benzene rings is 1. The van der Waals surface area contributed by atoms with E-state index in [4.69, 9.17) is 18.3 Å². The molecule has 7 heteroatoms. The summed E-state index contributed by atoms with van der Waals surface area (Å²) in [5, 5.41) is 10.5. The molecule has 0 aliphatic rings. The molecule has 1 N–H and O–H groups in total. The zero-order valence-corrected chi connectivity index (χ0v) is 16.5. The maximum Gasteiger partial charge on any atom is 0.161 e. The third kappa shape index (κ3) is 5.97. The van der Waals surface area contributed by atoms with Gasteiger partial charge in [0.2, 0.25) is 0 Å². The van der Waals surface area contributed by atoms with Gasteiger partial charge in [0.1, 0.15) is 36.3 Å². The summed E-state index contributed by atoms with van der Waals surface area (Å²) in [6, 6.07) is 12.4. The lowest BCUT2D eigenvalue weighted by Crippen LogP contribution is -2.35. The number of ether oxygens (including phenoxy) is 2. The Morgan fingerprint density at radius 3 is 2.62 bits per heavy atom. The third-order valence-corrected chi connectivity index (χ3v) is 4.36. The lowest BCUT2D eigenvalue weighted by molar-refractivity contribution is 0.0570. The van der Waals surface area contributed by atoms with E-state index in [9.17, 15) is 9.90 Å². The standard InChI is InChI=1S/C22H25NO6/c1-16-5-7-20(29-16)13-23(12-19-4-3-9-27-19)11-18(25)15-28-21-8-6-17(14-24)10-22(21)26-2/h3-10,14,18,25H,11-13,15H2,1-2H3. The summed E-state index contributed by atoms with van der Waals surface area (Å²) in [6.07, 6.45) is 1.61. The number of aliphatic hydroxyl groups excluding tert-OH is 1. The first-order valence-electron chi connectivity index (χ1n) is 9.31. The van der Waals surface area contributed by atoms with Gasteiger partial charge in [-0.2, -0.15) is 0 Å². The van der Waals surface area contributed by atoms with Gasteiger partial charge < -0.3 is 23.4 Å². The van der Waals surface area contributed by atoms with Crippen LogP contribution in [-0.2, 0) is 13.1 Å². The van der Waals surface area contributed by atoms with Gasteiger partial charge in [0.05, 0.1) is 26.5 Å². The number of nitrogens with zero attached hydrogens (tertiary/aromatic N) is 1. The Bertz CT molecular complexity index is 902. The predicted molar refractivity (Wildman–Crippen MR) is 106 cm³/mol. The Morgan fingerprint density at radius 2 is 1.97 bits per heavy atom. The summed E-state index contributed by atoms with van der Waals surface area (Å²) < 4.78 is 22.1. The van der Waals surface area contributed by atoms with Crippen LogP contribution in [0.25, 0.3) is 0 Å². The number of furan rings is 2. The predicted octanol–water partition coefficient (Wildman–Crippen LogP) is 3.44. The second-order valence-electron chi connectivity index (χ2n) is 6.75. The summed E-state index contributed by atoms with van der Waals surface area (Å²) in [5.74, 6) is 3.37. The lowest BCUT2D eigenvalue weighted by Gasteiger charge is -2.23. The number of methoxy groups -OCH3 is 1. The normalized spacial score (nSPS) is 12.1. The van der Waals surface area contributed by atoms with Crippen molar-refractivity contribution in [3.8, 4) is 11.5 Å². The van der Waals surface area contributed by atoms with E-state index in [-0.39, 0.29) is 6.61 Å². The molecule has 3 aromatic rings. The molecule has 0 saturated carbocycles. The first kappa shape index (κ1) is 20.7. The van der Waals surface area contributed by atoms with Crippen LogP contribution in [0.1, 0.15) is 27.6 Å². The van der Waals surface area contributed by atoms with E-state index >= 15 is 0 Å². The highest BCUT2D eigenvalue weighted by Gasteiger charge is 2.17. The van der Waals surface area contributed by atoms with E-state index < -0.39 is 6.10 Å². The Hall–Kier alpha value is -3.03. The van der Waals surface area contributed by atoms with E-state index in [1.54, 1.807) is 24.5 Å². The molecule has 0 radical (unpaired) electrons. The summed E-state index contributed by atoms with van der Waals surface area (Å²) in [4.78, 5) is 12.9. The monoisotopic (exact) mass is 399 g/mol. The van der Waals surface area contributed by atoms with E-state index in [2.05, 4.69) is 0 Å². The highest BCUT2D eigenvalue weighted by molar-refractivity contribution is 5.76. The van der Waals surface area contributed by atoms with E-state index in [1.165, 1.54) is 7.11 Å². The summed E-state index contributed by atoms with van der Waals surface area (Å²) in [5.41, 5.74) is 0.494. The van der Waals surface area contributed by atoms with Crippen LogP contribution < -0.4 is 9.47 Å². The van der Waals surface area contributed by atoms with Gasteiger partial charge in [-0.25, -0.2) is 0 Å². The van der Waals surface area contributed by atoms with Gasteiger partial charge in [-0.3, -0.25) is 9.69 Å². The van der Waals surface area contributed by atoms with E-state index in [1.807, 2.05) is 36.1 Å². The minimum atomic E-state index is -0.753. The van der Waals surface area contributed by atoms with Crippen molar-refractivity contribution in [2.45, 2.75) is 26.1 Å². The van der Waals surface area contributed by atoms with Gasteiger partial charge in [0.25, 0.3) is 0 Å². The van der Waals surface area contributed by atoms with Crippen LogP contribution in [0.2, 0.25) is 0 Å². The molecular weight excluding hydrogens is 374 g/mol. The first-order valence-corrected chi connectivity index (χ1v) is 9.31. The van der Waals surface area contributed by atoms with Crippen molar-refractivity contribution in [3.63, 3.8) is 0 Å². The van der Waals surface area contributed by atoms with Crippen LogP contribution >= 0.6 is 0 Å². The Morgan fingerprint density at radius 1 is 1.14 bits per heavy atom. The van der Waals surface area contributed by atoms with Gasteiger partial charge in [0, 0.05) is 12.1 Å². The molecule has 0 saturated heterocycles. The molecule has 7 nitrogen and oxygen atoms in total. The highest BCUT2D eigenvalue weighted by atomic mass is 16.5. The fourth-order valence-electron chi connectivity index (χ4n) is 3.01. The van der Waals surface area contributed by atoms with Crippen molar-refractivity contribution in [2.75, 3.05) is 20.3 Å². The number of aryl methyl sites for hydroxylation is 1. The Labute approximate surface area is 169 Å². The van der Waals surface area contributed by atoms with E-state index in [0.717, 1.165) is 23.6 Å². The largest absolute Gasteiger partial charge is 0.493 e. The summed E-state index contributed by atoms with van der Waals surface area (Å²) >= 11 is 0. The van der Waals surface area contributed by atoms with Crippen molar-refractivity contribution < 1.29 is 28.2 Å². The lowest BCUT2D eigenvalue weighted by atomic mass is 10.2. The zero-order chi connectivity index (χ0) is 20.6. The Balaban J connectivity index is 1.61. The molecule has 0 fully saturated rings. The molecule has 1 atom stereocenters. The van der Waals surface area contributed by atoms with Gasteiger partial charge in [-0.15, -0.1) is 0 Å². The molecule has 2 heterocycles. The maximum atomic E-state index is 10.9. The topological polar surface area (TPSA) is 85.3 Å². The molecular formula is C22H25NO6. The zero-order valence-electron chi connectivity index (χ0n) is 16.5. The van der Waals surface area contributed by atoms with Crippen molar-refractivity contribution in [2.24, 2.45) is 0 Å².